The zero-order valence-corrected chi connectivity index (χ0v) is 16.8. The van der Waals surface area contributed by atoms with Crippen molar-refractivity contribution in [3.8, 4) is 5.75 Å². The van der Waals surface area contributed by atoms with Crippen molar-refractivity contribution >= 4 is 40.9 Å². The van der Waals surface area contributed by atoms with Gasteiger partial charge in [-0.2, -0.15) is 0 Å². The Kier molecular flexibility index (Phi) is 7.70. The Morgan fingerprint density at radius 1 is 1.22 bits per heavy atom. The van der Waals surface area contributed by atoms with Crippen molar-refractivity contribution in [3.05, 3.63) is 69.2 Å². The minimum atomic E-state index is -0.350. The van der Waals surface area contributed by atoms with Crippen molar-refractivity contribution < 1.29 is 14.4 Å². The molecular weight excluding hydrogens is 387 g/mol. The van der Waals surface area contributed by atoms with Crippen molar-refractivity contribution in [2.45, 2.75) is 13.5 Å². The van der Waals surface area contributed by atoms with E-state index >= 15 is 0 Å². The van der Waals surface area contributed by atoms with Crippen LogP contribution in [0.4, 0.5) is 0 Å². The molecule has 2 aromatic rings. The Bertz CT molecular complexity index is 875. The molecule has 0 aromatic heterocycles. The lowest BCUT2D eigenvalue weighted by molar-refractivity contribution is -0.114. The number of nitrogens with zero attached hydrogens (tertiary/aromatic N) is 1. The third-order valence-corrected chi connectivity index (χ3v) is 3.93. The second-order valence-electron chi connectivity index (χ2n) is 5.62. The minimum absolute atomic E-state index is 0.139. The highest BCUT2D eigenvalue weighted by Gasteiger charge is 2.17. The zero-order chi connectivity index (χ0) is 19.8. The number of nitrogens with one attached hydrogen (secondary N) is 1. The van der Waals surface area contributed by atoms with Gasteiger partial charge < -0.3 is 14.9 Å². The molecule has 1 amide bonds. The Hall–Kier alpha value is -2.50. The van der Waals surface area contributed by atoms with Crippen LogP contribution in [0.2, 0.25) is 0 Å². The topological polar surface area (TPSA) is 59.9 Å². The molecule has 0 aliphatic carbocycles. The molecule has 0 aliphatic heterocycles. The van der Waals surface area contributed by atoms with Gasteiger partial charge in [0.2, 0.25) is 0 Å². The summed E-state index contributed by atoms with van der Waals surface area (Å²) in [4.78, 5) is 17.0. The summed E-state index contributed by atoms with van der Waals surface area (Å²) in [7, 11) is 2.93. The number of carbonyl (C=O) groups is 1. The minimum Gasteiger partial charge on any atom is -0.488 e. The number of benzene rings is 2. The highest BCUT2D eigenvalue weighted by atomic mass is 35.5. The summed E-state index contributed by atoms with van der Waals surface area (Å²) in [5.74, 6) is 0.275. The van der Waals surface area contributed by atoms with E-state index in [-0.39, 0.29) is 22.7 Å². The smallest absolute Gasteiger partial charge is 0.273 e. The van der Waals surface area contributed by atoms with E-state index in [9.17, 15) is 4.79 Å². The van der Waals surface area contributed by atoms with Gasteiger partial charge in [-0.1, -0.05) is 64.3 Å². The van der Waals surface area contributed by atoms with E-state index in [2.05, 4.69) is 10.5 Å². The van der Waals surface area contributed by atoms with Crippen LogP contribution in [0.25, 0.3) is 6.08 Å². The summed E-state index contributed by atoms with van der Waals surface area (Å²) in [6, 6.07) is 13.0. The fraction of sp³-hybridized carbons (Fsp3) is 0.200. The highest BCUT2D eigenvalue weighted by Crippen LogP contribution is 2.26. The van der Waals surface area contributed by atoms with Crippen LogP contribution in [0.3, 0.4) is 0 Å². The van der Waals surface area contributed by atoms with Crippen LogP contribution < -0.4 is 10.1 Å². The summed E-state index contributed by atoms with van der Waals surface area (Å²) in [6.45, 7) is 2.19. The number of carbonyl (C=O) groups excluding carboxylic acids is 1. The van der Waals surface area contributed by atoms with E-state index in [1.165, 1.54) is 14.2 Å². The first-order valence-electron chi connectivity index (χ1n) is 8.14. The summed E-state index contributed by atoms with van der Waals surface area (Å²) in [6.07, 6.45) is 1.62. The Morgan fingerprint density at radius 2 is 1.96 bits per heavy atom. The molecule has 0 bridgehead atoms. The molecule has 0 unspecified atom stereocenters. The van der Waals surface area contributed by atoms with E-state index in [0.29, 0.717) is 11.3 Å². The van der Waals surface area contributed by atoms with Gasteiger partial charge >= 0.3 is 0 Å². The van der Waals surface area contributed by atoms with Gasteiger partial charge in [-0.25, -0.2) is 0 Å². The van der Waals surface area contributed by atoms with Gasteiger partial charge in [0.15, 0.2) is 5.71 Å². The predicted octanol–water partition coefficient (Wildman–Crippen LogP) is 4.45. The number of hydrogen-bond donors (Lipinski definition) is 1. The van der Waals surface area contributed by atoms with E-state index < -0.39 is 0 Å². The largest absolute Gasteiger partial charge is 0.488 e. The fourth-order valence-electron chi connectivity index (χ4n) is 2.48. The molecule has 7 heteroatoms. The number of rotatable bonds is 7. The fourth-order valence-corrected chi connectivity index (χ4v) is 2.72. The lowest BCUT2D eigenvalue weighted by Gasteiger charge is -2.14. The molecule has 2 rings (SSSR count). The van der Waals surface area contributed by atoms with Crippen LogP contribution in [0, 0.1) is 6.92 Å². The molecule has 0 aliphatic rings. The number of hydrogen-bond acceptors (Lipinski definition) is 4. The molecule has 142 valence electrons. The standard InChI is InChI=1S/C20H20Cl2N2O3/c1-13-8-9-17(15(10-13)11-18(21)22)27-12-14-6-4-5-7-16(14)19(24-26-3)20(25)23-2/h4-11H,12H2,1-3H3,(H,23,25)/b24-19+. The zero-order valence-electron chi connectivity index (χ0n) is 15.3. The van der Waals surface area contributed by atoms with E-state index in [1.54, 1.807) is 12.1 Å². The molecule has 2 aromatic carbocycles. The van der Waals surface area contributed by atoms with Crippen molar-refractivity contribution in [1.82, 2.24) is 5.32 Å². The quantitative estimate of drug-likeness (QED) is 0.545. The molecule has 1 N–H and O–H groups in total. The maximum absolute atomic E-state index is 12.1. The molecule has 27 heavy (non-hydrogen) atoms. The predicted molar refractivity (Wildman–Crippen MR) is 109 cm³/mol. The number of amides is 1. The van der Waals surface area contributed by atoms with Crippen LogP contribution in [-0.2, 0) is 16.2 Å². The first-order chi connectivity index (χ1) is 13.0. The van der Waals surface area contributed by atoms with E-state index in [4.69, 9.17) is 32.8 Å². The lowest BCUT2D eigenvalue weighted by Crippen LogP contribution is -2.29. The summed E-state index contributed by atoms with van der Waals surface area (Å²) >= 11 is 11.6. The third-order valence-electron chi connectivity index (χ3n) is 3.71. The molecule has 0 heterocycles. The van der Waals surface area contributed by atoms with E-state index in [1.807, 2.05) is 43.3 Å². The lowest BCUT2D eigenvalue weighted by atomic mass is 10.0. The first-order valence-corrected chi connectivity index (χ1v) is 8.89. The SMILES string of the molecule is CNC(=O)/C(=N/OC)c1ccccc1COc1ccc(C)cc1C=C(Cl)Cl. The maximum Gasteiger partial charge on any atom is 0.273 e. The molecule has 0 saturated heterocycles. The summed E-state index contributed by atoms with van der Waals surface area (Å²) < 4.78 is 6.11. The number of oxime groups is 1. The van der Waals surface area contributed by atoms with Crippen molar-refractivity contribution in [1.29, 1.82) is 0 Å². The van der Waals surface area contributed by atoms with Gasteiger partial charge in [0, 0.05) is 18.2 Å². The van der Waals surface area contributed by atoms with Crippen LogP contribution in [0.1, 0.15) is 22.3 Å². The molecule has 0 saturated carbocycles. The van der Waals surface area contributed by atoms with Gasteiger partial charge in [0.05, 0.1) is 0 Å². The monoisotopic (exact) mass is 406 g/mol. The Morgan fingerprint density at radius 3 is 2.63 bits per heavy atom. The van der Waals surface area contributed by atoms with Crippen molar-refractivity contribution in [3.63, 3.8) is 0 Å². The molecule has 0 fully saturated rings. The molecule has 0 radical (unpaired) electrons. The van der Waals surface area contributed by atoms with Crippen LogP contribution >= 0.6 is 23.2 Å². The summed E-state index contributed by atoms with van der Waals surface area (Å²) in [5, 5.41) is 6.41. The maximum atomic E-state index is 12.1. The number of halogens is 2. The van der Waals surface area contributed by atoms with Crippen LogP contribution in [0.5, 0.6) is 5.75 Å². The average Bonchev–Trinajstić information content (AvgIpc) is 2.65. The highest BCUT2D eigenvalue weighted by molar-refractivity contribution is 6.57. The van der Waals surface area contributed by atoms with Crippen molar-refractivity contribution in [2.75, 3.05) is 14.2 Å². The van der Waals surface area contributed by atoms with Gasteiger partial charge in [-0.3, -0.25) is 4.79 Å². The average molecular weight is 407 g/mol. The van der Waals surface area contributed by atoms with Gasteiger partial charge in [-0.05, 0) is 30.7 Å². The van der Waals surface area contributed by atoms with Gasteiger partial charge in [0.25, 0.3) is 5.91 Å². The first kappa shape index (κ1) is 20.8. The number of aryl methyl sites for hydroxylation is 1. The second-order valence-corrected chi connectivity index (χ2v) is 6.63. The Labute approximate surface area is 168 Å². The van der Waals surface area contributed by atoms with E-state index in [0.717, 1.165) is 16.7 Å². The van der Waals surface area contributed by atoms with Gasteiger partial charge in [0.1, 0.15) is 24.0 Å². The Balaban J connectivity index is 2.34. The summed E-state index contributed by atoms with van der Waals surface area (Å²) in [5.41, 5.74) is 3.40. The molecular formula is C20H20Cl2N2O3. The molecule has 5 nitrogen and oxygen atoms in total. The second kappa shape index (κ2) is 10.00. The third kappa shape index (κ3) is 5.74. The normalized spacial score (nSPS) is 10.9. The van der Waals surface area contributed by atoms with Crippen LogP contribution in [0.15, 0.2) is 52.1 Å². The van der Waals surface area contributed by atoms with Gasteiger partial charge in [-0.15, -0.1) is 0 Å². The van der Waals surface area contributed by atoms with Crippen LogP contribution in [-0.4, -0.2) is 25.8 Å². The molecule has 0 spiro atoms. The number of ether oxygens (including phenoxy) is 1. The molecule has 0 atom stereocenters. The van der Waals surface area contributed by atoms with Crippen molar-refractivity contribution in [2.24, 2.45) is 5.16 Å². The number of likely N-dealkylation sites (N-methyl/N-ethyl adjacent to an activating group) is 1.